The van der Waals surface area contributed by atoms with Gasteiger partial charge in [0, 0.05) is 30.2 Å². The van der Waals surface area contributed by atoms with Crippen molar-refractivity contribution < 1.29 is 17.9 Å². The Bertz CT molecular complexity index is 926. The number of anilines is 3. The first kappa shape index (κ1) is 19.5. The summed E-state index contributed by atoms with van der Waals surface area (Å²) >= 11 is 6.10. The molecule has 27 heavy (non-hydrogen) atoms. The molecule has 0 atom stereocenters. The van der Waals surface area contributed by atoms with Crippen LogP contribution in [0.2, 0.25) is 5.02 Å². The number of benzene rings is 2. The van der Waals surface area contributed by atoms with E-state index in [1.54, 1.807) is 0 Å². The highest BCUT2D eigenvalue weighted by Crippen LogP contribution is 2.24. The Morgan fingerprint density at radius 3 is 2.33 bits per heavy atom. The molecule has 0 unspecified atom stereocenters. The summed E-state index contributed by atoms with van der Waals surface area (Å²) in [6.07, 6.45) is 1.04. The van der Waals surface area contributed by atoms with Gasteiger partial charge in [0.1, 0.15) is 0 Å². The number of sulfonamides is 1. The average Bonchev–Trinajstić information content (AvgIpc) is 2.63. The monoisotopic (exact) mass is 409 g/mol. The van der Waals surface area contributed by atoms with Gasteiger partial charge in [-0.05, 0) is 42.5 Å². The Morgan fingerprint density at radius 1 is 1.07 bits per heavy atom. The summed E-state index contributed by atoms with van der Waals surface area (Å²) in [6, 6.07) is 11.9. The van der Waals surface area contributed by atoms with E-state index in [0.29, 0.717) is 18.9 Å². The van der Waals surface area contributed by atoms with Crippen LogP contribution in [0.4, 0.5) is 17.1 Å². The lowest BCUT2D eigenvalue weighted by atomic mass is 10.1. The van der Waals surface area contributed by atoms with Gasteiger partial charge in [-0.2, -0.15) is 0 Å². The van der Waals surface area contributed by atoms with Gasteiger partial charge in [0.25, 0.3) is 5.91 Å². The molecule has 0 aliphatic carbocycles. The number of nitrogens with zero attached hydrogens (tertiary/aromatic N) is 1. The maximum absolute atomic E-state index is 12.5. The normalized spacial score (nSPS) is 14.7. The van der Waals surface area contributed by atoms with Crippen molar-refractivity contribution in [3.63, 3.8) is 0 Å². The zero-order valence-corrected chi connectivity index (χ0v) is 16.3. The predicted octanol–water partition coefficient (Wildman–Crippen LogP) is 2.80. The van der Waals surface area contributed by atoms with Gasteiger partial charge in [-0.25, -0.2) is 8.42 Å². The van der Waals surface area contributed by atoms with Gasteiger partial charge >= 0.3 is 0 Å². The van der Waals surface area contributed by atoms with Gasteiger partial charge in [0.15, 0.2) is 0 Å². The van der Waals surface area contributed by atoms with Crippen LogP contribution in [0, 0.1) is 0 Å². The van der Waals surface area contributed by atoms with Crippen molar-refractivity contribution in [1.82, 2.24) is 0 Å². The summed E-state index contributed by atoms with van der Waals surface area (Å²) in [5.41, 5.74) is 2.14. The molecule has 7 nitrogen and oxygen atoms in total. The summed E-state index contributed by atoms with van der Waals surface area (Å²) in [7, 11) is -3.45. The van der Waals surface area contributed by atoms with Crippen LogP contribution in [0.15, 0.2) is 42.5 Å². The number of nitrogens with one attached hydrogen (secondary N) is 2. The molecule has 1 heterocycles. The average molecular weight is 410 g/mol. The highest BCUT2D eigenvalue weighted by atomic mass is 35.5. The van der Waals surface area contributed by atoms with Gasteiger partial charge < -0.3 is 15.0 Å². The second-order valence-electron chi connectivity index (χ2n) is 6.17. The fourth-order valence-electron chi connectivity index (χ4n) is 2.75. The van der Waals surface area contributed by atoms with Crippen molar-refractivity contribution in [3.8, 4) is 0 Å². The fourth-order valence-corrected chi connectivity index (χ4v) is 3.51. The lowest BCUT2D eigenvalue weighted by molar-refractivity contribution is 0.102. The number of hydrogen-bond acceptors (Lipinski definition) is 5. The van der Waals surface area contributed by atoms with E-state index in [4.69, 9.17) is 16.3 Å². The topological polar surface area (TPSA) is 87.7 Å². The van der Waals surface area contributed by atoms with Crippen molar-refractivity contribution in [2.75, 3.05) is 47.5 Å². The van der Waals surface area contributed by atoms with E-state index in [0.717, 1.165) is 25.0 Å². The Kier molecular flexibility index (Phi) is 5.88. The summed E-state index contributed by atoms with van der Waals surface area (Å²) in [5, 5.41) is 3.01. The number of hydrogen-bond donors (Lipinski definition) is 2. The van der Waals surface area contributed by atoms with Gasteiger partial charge in [-0.3, -0.25) is 9.52 Å². The quantitative estimate of drug-likeness (QED) is 0.792. The first-order valence-corrected chi connectivity index (χ1v) is 10.6. The summed E-state index contributed by atoms with van der Waals surface area (Å²) in [5.74, 6) is -0.420. The van der Waals surface area contributed by atoms with Gasteiger partial charge in [-0.15, -0.1) is 0 Å². The van der Waals surface area contributed by atoms with Crippen LogP contribution in [-0.4, -0.2) is 46.9 Å². The molecule has 0 radical (unpaired) electrons. The summed E-state index contributed by atoms with van der Waals surface area (Å²) in [6.45, 7) is 3.08. The van der Waals surface area contributed by atoms with Crippen molar-refractivity contribution in [1.29, 1.82) is 0 Å². The third-order valence-electron chi connectivity index (χ3n) is 4.02. The van der Waals surface area contributed by atoms with E-state index < -0.39 is 15.9 Å². The molecule has 0 saturated carbocycles. The van der Waals surface area contributed by atoms with E-state index in [1.165, 1.54) is 18.2 Å². The number of ether oxygens (including phenoxy) is 1. The molecule has 1 saturated heterocycles. The van der Waals surface area contributed by atoms with Crippen LogP contribution in [0.3, 0.4) is 0 Å². The van der Waals surface area contributed by atoms with Crippen molar-refractivity contribution >= 4 is 44.6 Å². The highest BCUT2D eigenvalue weighted by molar-refractivity contribution is 7.92. The van der Waals surface area contributed by atoms with E-state index in [1.807, 2.05) is 24.3 Å². The second kappa shape index (κ2) is 8.16. The number of morpholine rings is 1. The van der Waals surface area contributed by atoms with Crippen molar-refractivity contribution in [3.05, 3.63) is 53.1 Å². The standard InChI is InChI=1S/C18H20ClN3O4S/c1-27(24,25)21-14-4-7-17(19)16(12-14)18(23)20-13-2-5-15(6-3-13)22-8-10-26-11-9-22/h2-7,12,21H,8-11H2,1H3,(H,20,23). The van der Waals surface area contributed by atoms with Gasteiger partial charge in [0.2, 0.25) is 10.0 Å². The number of amides is 1. The van der Waals surface area contributed by atoms with Crippen LogP contribution in [0.25, 0.3) is 0 Å². The Balaban J connectivity index is 1.72. The van der Waals surface area contributed by atoms with Crippen LogP contribution < -0.4 is 14.9 Å². The van der Waals surface area contributed by atoms with Crippen LogP contribution >= 0.6 is 11.6 Å². The third kappa shape index (κ3) is 5.35. The fraction of sp³-hybridized carbons (Fsp3) is 0.278. The first-order chi connectivity index (χ1) is 12.8. The minimum absolute atomic E-state index is 0.183. The number of rotatable bonds is 5. The molecule has 0 bridgehead atoms. The summed E-state index contributed by atoms with van der Waals surface area (Å²) in [4.78, 5) is 14.8. The zero-order valence-electron chi connectivity index (χ0n) is 14.7. The predicted molar refractivity (Wildman–Crippen MR) is 107 cm³/mol. The molecule has 2 aromatic rings. The van der Waals surface area contributed by atoms with Crippen LogP contribution in [-0.2, 0) is 14.8 Å². The number of carbonyl (C=O) groups excluding carboxylic acids is 1. The van der Waals surface area contributed by atoms with Crippen LogP contribution in [0.5, 0.6) is 0 Å². The third-order valence-corrected chi connectivity index (χ3v) is 4.95. The van der Waals surface area contributed by atoms with Crippen molar-refractivity contribution in [2.45, 2.75) is 0 Å². The molecule has 1 amide bonds. The summed E-state index contributed by atoms with van der Waals surface area (Å²) < 4.78 is 30.4. The maximum Gasteiger partial charge on any atom is 0.257 e. The molecule has 1 aliphatic heterocycles. The van der Waals surface area contributed by atoms with Gasteiger partial charge in [0.05, 0.1) is 30.1 Å². The molecule has 2 aromatic carbocycles. The first-order valence-electron chi connectivity index (χ1n) is 8.33. The Labute approximate surface area is 163 Å². The zero-order chi connectivity index (χ0) is 19.4. The van der Waals surface area contributed by atoms with E-state index >= 15 is 0 Å². The molecule has 1 fully saturated rings. The Morgan fingerprint density at radius 2 is 1.70 bits per heavy atom. The number of halogens is 1. The minimum Gasteiger partial charge on any atom is -0.378 e. The van der Waals surface area contributed by atoms with E-state index in [2.05, 4.69) is 14.9 Å². The highest BCUT2D eigenvalue weighted by Gasteiger charge is 2.14. The molecule has 3 rings (SSSR count). The SMILES string of the molecule is CS(=O)(=O)Nc1ccc(Cl)c(C(=O)Nc2ccc(N3CCOCC3)cc2)c1. The molecule has 0 spiro atoms. The smallest absolute Gasteiger partial charge is 0.257 e. The Hall–Kier alpha value is -2.29. The van der Waals surface area contributed by atoms with Crippen LogP contribution in [0.1, 0.15) is 10.4 Å². The molecule has 2 N–H and O–H groups in total. The second-order valence-corrected chi connectivity index (χ2v) is 8.32. The molecular formula is C18H20ClN3O4S. The largest absolute Gasteiger partial charge is 0.378 e. The van der Waals surface area contributed by atoms with Crippen molar-refractivity contribution in [2.24, 2.45) is 0 Å². The minimum atomic E-state index is -3.45. The molecule has 144 valence electrons. The van der Waals surface area contributed by atoms with E-state index in [-0.39, 0.29) is 16.3 Å². The lowest BCUT2D eigenvalue weighted by Gasteiger charge is -2.28. The molecule has 0 aromatic heterocycles. The number of carbonyl (C=O) groups is 1. The van der Waals surface area contributed by atoms with Gasteiger partial charge in [-0.1, -0.05) is 11.6 Å². The maximum atomic E-state index is 12.5. The molecule has 9 heteroatoms. The lowest BCUT2D eigenvalue weighted by Crippen LogP contribution is -2.36. The molecule has 1 aliphatic rings. The molecular weight excluding hydrogens is 390 g/mol. The van der Waals surface area contributed by atoms with E-state index in [9.17, 15) is 13.2 Å².